The van der Waals surface area contributed by atoms with Crippen LogP contribution in [0.5, 0.6) is 0 Å². The highest BCUT2D eigenvalue weighted by Crippen LogP contribution is 2.16. The van der Waals surface area contributed by atoms with Gasteiger partial charge in [0.05, 0.1) is 19.9 Å². The zero-order valence-corrected chi connectivity index (χ0v) is 8.97. The molecule has 82 valence electrons. The molecule has 0 aliphatic carbocycles. The fourth-order valence-corrected chi connectivity index (χ4v) is 1.31. The minimum absolute atomic E-state index is 0.0687. The van der Waals surface area contributed by atoms with Crippen LogP contribution in [0.1, 0.15) is 30.8 Å². The molecule has 1 aromatic heterocycles. The molecular formula is C10H10N4O2. The number of esters is 1. The van der Waals surface area contributed by atoms with Gasteiger partial charge in [0.25, 0.3) is 0 Å². The van der Waals surface area contributed by atoms with E-state index in [0.29, 0.717) is 0 Å². The van der Waals surface area contributed by atoms with Crippen molar-refractivity contribution in [2.45, 2.75) is 19.4 Å². The largest absolute Gasteiger partial charge is 0.469 e. The number of carbonyl (C=O) groups is 1. The Morgan fingerprint density at radius 2 is 2.31 bits per heavy atom. The molecule has 16 heavy (non-hydrogen) atoms. The molecule has 0 saturated heterocycles. The molecule has 0 aliphatic heterocycles. The Morgan fingerprint density at radius 3 is 2.81 bits per heavy atom. The minimum atomic E-state index is -0.372. The quantitative estimate of drug-likeness (QED) is 0.698. The molecule has 0 aromatic carbocycles. The molecule has 0 spiro atoms. The lowest BCUT2D eigenvalue weighted by atomic mass is 10.2. The van der Waals surface area contributed by atoms with Gasteiger partial charge in [-0.2, -0.15) is 10.5 Å². The van der Waals surface area contributed by atoms with Crippen LogP contribution in [0.15, 0.2) is 6.33 Å². The number of ether oxygens (including phenoxy) is 1. The lowest BCUT2D eigenvalue weighted by Crippen LogP contribution is -2.12. The van der Waals surface area contributed by atoms with Gasteiger partial charge in [0.1, 0.15) is 12.1 Å². The summed E-state index contributed by atoms with van der Waals surface area (Å²) in [7, 11) is 1.30. The number of nitriles is 2. The number of aromatic nitrogens is 2. The van der Waals surface area contributed by atoms with Crippen molar-refractivity contribution >= 4 is 5.97 Å². The monoisotopic (exact) mass is 218 g/mol. The molecule has 1 heterocycles. The first-order valence-corrected chi connectivity index (χ1v) is 4.57. The van der Waals surface area contributed by atoms with Crippen LogP contribution < -0.4 is 0 Å². The van der Waals surface area contributed by atoms with Crippen molar-refractivity contribution in [2.24, 2.45) is 0 Å². The Balaban J connectivity index is 2.97. The van der Waals surface area contributed by atoms with Crippen molar-refractivity contribution in [2.75, 3.05) is 7.11 Å². The van der Waals surface area contributed by atoms with Gasteiger partial charge in [-0.25, -0.2) is 4.98 Å². The first-order valence-electron chi connectivity index (χ1n) is 4.57. The van der Waals surface area contributed by atoms with Gasteiger partial charge in [0.2, 0.25) is 0 Å². The maximum Gasteiger partial charge on any atom is 0.307 e. The predicted octanol–water partition coefficient (Wildman–Crippen LogP) is 0.751. The maximum atomic E-state index is 11.1. The number of imidazole rings is 1. The van der Waals surface area contributed by atoms with E-state index in [9.17, 15) is 4.79 Å². The van der Waals surface area contributed by atoms with Crippen LogP contribution in [0.2, 0.25) is 0 Å². The van der Waals surface area contributed by atoms with Crippen LogP contribution in [-0.2, 0) is 9.53 Å². The molecule has 0 fully saturated rings. The van der Waals surface area contributed by atoms with Gasteiger partial charge in [-0.05, 0) is 6.92 Å². The third kappa shape index (κ3) is 2.18. The summed E-state index contributed by atoms with van der Waals surface area (Å²) in [5, 5.41) is 17.6. The summed E-state index contributed by atoms with van der Waals surface area (Å²) in [5.74, 6) is -0.372. The highest BCUT2D eigenvalue weighted by Gasteiger charge is 2.17. The Bertz CT molecular complexity index is 478. The molecule has 0 radical (unpaired) electrons. The molecule has 6 nitrogen and oxygen atoms in total. The predicted molar refractivity (Wildman–Crippen MR) is 53.0 cm³/mol. The van der Waals surface area contributed by atoms with Crippen LogP contribution in [-0.4, -0.2) is 22.6 Å². The third-order valence-electron chi connectivity index (χ3n) is 2.17. The van der Waals surface area contributed by atoms with Crippen LogP contribution in [0.3, 0.4) is 0 Å². The zero-order chi connectivity index (χ0) is 12.1. The van der Waals surface area contributed by atoms with Gasteiger partial charge in [0.15, 0.2) is 11.4 Å². The second-order valence-electron chi connectivity index (χ2n) is 3.20. The van der Waals surface area contributed by atoms with Crippen LogP contribution in [0.4, 0.5) is 0 Å². The molecule has 0 saturated carbocycles. The number of hydrogen-bond acceptors (Lipinski definition) is 5. The van der Waals surface area contributed by atoms with E-state index >= 15 is 0 Å². The molecule has 0 amide bonds. The Hall–Kier alpha value is -2.34. The number of hydrogen-bond donors (Lipinski definition) is 0. The number of rotatable bonds is 3. The summed E-state index contributed by atoms with van der Waals surface area (Å²) in [6.07, 6.45) is 1.51. The zero-order valence-electron chi connectivity index (χ0n) is 8.97. The van der Waals surface area contributed by atoms with Crippen LogP contribution in [0, 0.1) is 22.7 Å². The summed E-state index contributed by atoms with van der Waals surface area (Å²) in [6, 6.07) is 3.44. The van der Waals surface area contributed by atoms with Crippen molar-refractivity contribution in [3.05, 3.63) is 17.7 Å². The summed E-state index contributed by atoms with van der Waals surface area (Å²) in [6.45, 7) is 1.75. The van der Waals surface area contributed by atoms with Gasteiger partial charge >= 0.3 is 5.97 Å². The normalized spacial score (nSPS) is 11.2. The molecule has 0 aliphatic rings. The van der Waals surface area contributed by atoms with Gasteiger partial charge in [-0.1, -0.05) is 0 Å². The van der Waals surface area contributed by atoms with E-state index in [0.717, 1.165) is 0 Å². The van der Waals surface area contributed by atoms with E-state index in [1.807, 2.05) is 12.1 Å². The van der Waals surface area contributed by atoms with Crippen LogP contribution in [0.25, 0.3) is 0 Å². The average Bonchev–Trinajstić information content (AvgIpc) is 2.71. The molecule has 1 rings (SSSR count). The Morgan fingerprint density at radius 1 is 1.62 bits per heavy atom. The molecule has 0 N–H and O–H groups in total. The van der Waals surface area contributed by atoms with Crippen molar-refractivity contribution in [3.63, 3.8) is 0 Å². The Labute approximate surface area is 92.7 Å². The third-order valence-corrected chi connectivity index (χ3v) is 2.17. The van der Waals surface area contributed by atoms with Crippen molar-refractivity contribution in [1.29, 1.82) is 10.5 Å². The van der Waals surface area contributed by atoms with Gasteiger partial charge in [-0.15, -0.1) is 0 Å². The molecule has 1 aromatic rings. The van der Waals surface area contributed by atoms with Crippen molar-refractivity contribution < 1.29 is 9.53 Å². The number of nitrogens with zero attached hydrogens (tertiary/aromatic N) is 4. The summed E-state index contributed by atoms with van der Waals surface area (Å²) in [5.41, 5.74) is 0.234. The van der Waals surface area contributed by atoms with E-state index in [4.69, 9.17) is 10.5 Å². The lowest BCUT2D eigenvalue weighted by molar-refractivity contribution is -0.141. The molecule has 6 heteroatoms. The molecule has 0 bridgehead atoms. The number of carbonyl (C=O) groups excluding carboxylic acids is 1. The summed E-state index contributed by atoms with van der Waals surface area (Å²) < 4.78 is 6.02. The van der Waals surface area contributed by atoms with Gasteiger partial charge in [-0.3, -0.25) is 4.79 Å². The van der Waals surface area contributed by atoms with Crippen LogP contribution >= 0.6 is 0 Å². The summed E-state index contributed by atoms with van der Waals surface area (Å²) >= 11 is 0. The second-order valence-corrected chi connectivity index (χ2v) is 3.20. The highest BCUT2D eigenvalue weighted by atomic mass is 16.5. The van der Waals surface area contributed by atoms with E-state index in [2.05, 4.69) is 9.72 Å². The Kier molecular flexibility index (Phi) is 3.62. The maximum absolute atomic E-state index is 11.1. The average molecular weight is 218 g/mol. The molecule has 1 unspecified atom stereocenters. The van der Waals surface area contributed by atoms with Crippen molar-refractivity contribution in [3.8, 4) is 12.1 Å². The fourth-order valence-electron chi connectivity index (χ4n) is 1.31. The van der Waals surface area contributed by atoms with E-state index in [1.165, 1.54) is 18.0 Å². The highest BCUT2D eigenvalue weighted by molar-refractivity contribution is 5.69. The van der Waals surface area contributed by atoms with E-state index < -0.39 is 0 Å². The lowest BCUT2D eigenvalue weighted by Gasteiger charge is -2.12. The van der Waals surface area contributed by atoms with Crippen molar-refractivity contribution in [1.82, 2.24) is 9.55 Å². The first kappa shape index (κ1) is 11.7. The van der Waals surface area contributed by atoms with Gasteiger partial charge in [0, 0.05) is 6.04 Å². The smallest absolute Gasteiger partial charge is 0.307 e. The second kappa shape index (κ2) is 4.94. The SMILES string of the molecule is COC(=O)CC(C)n1cnc(C#N)c1C#N. The molecular weight excluding hydrogens is 208 g/mol. The minimum Gasteiger partial charge on any atom is -0.469 e. The topological polar surface area (TPSA) is 91.7 Å². The van der Waals surface area contributed by atoms with E-state index in [-0.39, 0.29) is 29.8 Å². The van der Waals surface area contributed by atoms with E-state index in [1.54, 1.807) is 6.92 Å². The van der Waals surface area contributed by atoms with Gasteiger partial charge < -0.3 is 9.30 Å². The molecule has 1 atom stereocenters. The number of methoxy groups -OCH3 is 1. The standard InChI is InChI=1S/C10H10N4O2/c1-7(3-10(15)16-2)14-6-13-8(4-11)9(14)5-12/h6-7H,3H2,1-2H3. The fraction of sp³-hybridized carbons (Fsp3) is 0.400. The first-order chi connectivity index (χ1) is 7.63. The summed E-state index contributed by atoms with van der Waals surface area (Å²) in [4.78, 5) is 14.9.